The van der Waals surface area contributed by atoms with Crippen LogP contribution in [0.2, 0.25) is 0 Å². The lowest BCUT2D eigenvalue weighted by atomic mass is 10.0. The molecule has 0 saturated carbocycles. The van der Waals surface area contributed by atoms with Crippen LogP contribution in [-0.4, -0.2) is 43.0 Å². The van der Waals surface area contributed by atoms with Gasteiger partial charge in [0.1, 0.15) is 0 Å². The Morgan fingerprint density at radius 1 is 1.07 bits per heavy atom. The summed E-state index contributed by atoms with van der Waals surface area (Å²) in [5, 5.41) is 3.72. The minimum atomic E-state index is 0.136. The number of likely N-dealkylation sites (tertiary alicyclic amines) is 1. The second-order valence-corrected chi connectivity index (χ2v) is 7.76. The van der Waals surface area contributed by atoms with Crippen LogP contribution in [0, 0.1) is 0 Å². The van der Waals surface area contributed by atoms with Gasteiger partial charge in [0.15, 0.2) is 0 Å². The van der Waals surface area contributed by atoms with E-state index in [9.17, 15) is 4.79 Å². The predicted molar refractivity (Wildman–Crippen MR) is 111 cm³/mol. The maximum Gasteiger partial charge on any atom is 0.223 e. The van der Waals surface area contributed by atoms with E-state index in [-0.39, 0.29) is 5.91 Å². The highest BCUT2D eigenvalue weighted by atomic mass is 16.2. The molecule has 0 atom stereocenters. The highest BCUT2D eigenvalue weighted by molar-refractivity contribution is 5.94. The number of rotatable bonds is 5. The molecule has 142 valence electrons. The van der Waals surface area contributed by atoms with Gasteiger partial charge >= 0.3 is 0 Å². The fourth-order valence-electron chi connectivity index (χ4n) is 4.29. The van der Waals surface area contributed by atoms with Crippen molar-refractivity contribution in [3.05, 3.63) is 59.7 Å². The fourth-order valence-corrected chi connectivity index (χ4v) is 4.29. The normalized spacial score (nSPS) is 17.7. The largest absolute Gasteiger partial charge is 0.382 e. The molecule has 2 aliphatic heterocycles. The smallest absolute Gasteiger partial charge is 0.223 e. The number of fused-ring (bicyclic) bond motifs is 1. The lowest BCUT2D eigenvalue weighted by Crippen LogP contribution is -2.40. The number of carbonyl (C=O) groups excluding carboxylic acids is 1. The molecule has 0 unspecified atom stereocenters. The summed E-state index contributed by atoms with van der Waals surface area (Å²) in [4.78, 5) is 16.2. The van der Waals surface area contributed by atoms with E-state index in [0.29, 0.717) is 6.04 Å². The molecule has 1 fully saturated rings. The van der Waals surface area contributed by atoms with Gasteiger partial charge in [-0.05, 0) is 55.0 Å². The standard InChI is InChI=1S/C23H29N3O/c1-18(27)26-16-10-20-17-22(7-8-23(20)26)24-21-11-14-25(15-12-21)13-9-19-5-3-2-4-6-19/h2-8,17,21,24H,9-16H2,1H3. The molecular weight excluding hydrogens is 334 g/mol. The van der Waals surface area contributed by atoms with Crippen molar-refractivity contribution in [1.82, 2.24) is 4.90 Å². The van der Waals surface area contributed by atoms with E-state index >= 15 is 0 Å². The van der Waals surface area contributed by atoms with Gasteiger partial charge in [-0.3, -0.25) is 4.79 Å². The average Bonchev–Trinajstić information content (AvgIpc) is 3.12. The first-order valence-corrected chi connectivity index (χ1v) is 10.1. The van der Waals surface area contributed by atoms with E-state index in [1.807, 2.05) is 4.90 Å². The third-order valence-corrected chi connectivity index (χ3v) is 5.87. The van der Waals surface area contributed by atoms with Crippen LogP contribution in [0.5, 0.6) is 0 Å². The van der Waals surface area contributed by atoms with Crippen molar-refractivity contribution in [2.45, 2.75) is 38.6 Å². The maximum absolute atomic E-state index is 11.7. The van der Waals surface area contributed by atoms with Crippen LogP contribution in [0.3, 0.4) is 0 Å². The topological polar surface area (TPSA) is 35.6 Å². The molecule has 1 N–H and O–H groups in total. The van der Waals surface area contributed by atoms with Gasteiger partial charge in [-0.25, -0.2) is 0 Å². The van der Waals surface area contributed by atoms with Gasteiger partial charge in [0.25, 0.3) is 0 Å². The molecule has 2 aliphatic rings. The first-order valence-electron chi connectivity index (χ1n) is 10.1. The third kappa shape index (κ3) is 4.33. The van der Waals surface area contributed by atoms with Gasteiger partial charge in [-0.15, -0.1) is 0 Å². The van der Waals surface area contributed by atoms with Gasteiger partial charge in [0, 0.05) is 50.5 Å². The van der Waals surface area contributed by atoms with Crippen LogP contribution < -0.4 is 10.2 Å². The highest BCUT2D eigenvalue weighted by Gasteiger charge is 2.23. The Balaban J connectivity index is 1.27. The number of nitrogens with zero attached hydrogens (tertiary/aromatic N) is 2. The van der Waals surface area contributed by atoms with Crippen molar-refractivity contribution in [2.24, 2.45) is 0 Å². The molecule has 0 radical (unpaired) electrons. The zero-order chi connectivity index (χ0) is 18.6. The number of anilines is 2. The van der Waals surface area contributed by atoms with Crippen LogP contribution in [0.1, 0.15) is 30.9 Å². The number of piperidine rings is 1. The maximum atomic E-state index is 11.7. The first kappa shape index (κ1) is 18.1. The predicted octanol–water partition coefficient (Wildman–Crippen LogP) is 3.71. The molecule has 4 rings (SSSR count). The number of amides is 1. The van der Waals surface area contributed by atoms with Crippen molar-refractivity contribution in [3.63, 3.8) is 0 Å². The molecule has 4 heteroatoms. The number of benzene rings is 2. The Morgan fingerprint density at radius 2 is 1.85 bits per heavy atom. The van der Waals surface area contributed by atoms with E-state index in [2.05, 4.69) is 58.7 Å². The van der Waals surface area contributed by atoms with E-state index in [1.165, 1.54) is 29.7 Å². The SMILES string of the molecule is CC(=O)N1CCc2cc(NC3CCN(CCc4ccccc4)CC3)ccc21. The van der Waals surface area contributed by atoms with Gasteiger partial charge in [0.2, 0.25) is 5.91 Å². The molecular formula is C23H29N3O. The Labute approximate surface area is 162 Å². The lowest BCUT2D eigenvalue weighted by molar-refractivity contribution is -0.116. The fraction of sp³-hybridized carbons (Fsp3) is 0.435. The van der Waals surface area contributed by atoms with Crippen molar-refractivity contribution in [1.29, 1.82) is 0 Å². The van der Waals surface area contributed by atoms with Crippen molar-refractivity contribution >= 4 is 17.3 Å². The average molecular weight is 364 g/mol. The number of carbonyl (C=O) groups is 1. The van der Waals surface area contributed by atoms with Gasteiger partial charge in [-0.2, -0.15) is 0 Å². The molecule has 0 aliphatic carbocycles. The van der Waals surface area contributed by atoms with Gasteiger partial charge in [-0.1, -0.05) is 30.3 Å². The molecule has 0 bridgehead atoms. The zero-order valence-corrected chi connectivity index (χ0v) is 16.2. The molecule has 2 heterocycles. The summed E-state index contributed by atoms with van der Waals surface area (Å²) in [7, 11) is 0. The first-order chi connectivity index (χ1) is 13.2. The summed E-state index contributed by atoms with van der Waals surface area (Å²) in [5.41, 5.74) is 5.00. The summed E-state index contributed by atoms with van der Waals surface area (Å²) in [5.74, 6) is 0.136. The van der Waals surface area contributed by atoms with E-state index in [4.69, 9.17) is 0 Å². The summed E-state index contributed by atoms with van der Waals surface area (Å²) < 4.78 is 0. The molecule has 2 aromatic carbocycles. The summed E-state index contributed by atoms with van der Waals surface area (Å²) in [6, 6.07) is 17.8. The van der Waals surface area contributed by atoms with Gasteiger partial charge < -0.3 is 15.1 Å². The second kappa shape index (κ2) is 8.13. The number of hydrogen-bond donors (Lipinski definition) is 1. The molecule has 27 heavy (non-hydrogen) atoms. The minimum absolute atomic E-state index is 0.136. The van der Waals surface area contributed by atoms with Crippen molar-refractivity contribution < 1.29 is 4.79 Å². The molecule has 4 nitrogen and oxygen atoms in total. The Bertz CT molecular complexity index is 781. The highest BCUT2D eigenvalue weighted by Crippen LogP contribution is 2.31. The molecule has 1 saturated heterocycles. The second-order valence-electron chi connectivity index (χ2n) is 7.76. The Morgan fingerprint density at radius 3 is 2.59 bits per heavy atom. The molecule has 1 amide bonds. The third-order valence-electron chi connectivity index (χ3n) is 5.87. The molecule has 0 spiro atoms. The van der Waals surface area contributed by atoms with Crippen LogP contribution in [-0.2, 0) is 17.6 Å². The zero-order valence-electron chi connectivity index (χ0n) is 16.2. The van der Waals surface area contributed by atoms with Crippen molar-refractivity contribution in [3.8, 4) is 0 Å². The van der Waals surface area contributed by atoms with E-state index in [0.717, 1.165) is 44.7 Å². The van der Waals surface area contributed by atoms with Gasteiger partial charge in [0.05, 0.1) is 0 Å². The minimum Gasteiger partial charge on any atom is -0.382 e. The molecule has 0 aromatic heterocycles. The summed E-state index contributed by atoms with van der Waals surface area (Å²) in [6.07, 6.45) is 4.47. The summed E-state index contributed by atoms with van der Waals surface area (Å²) in [6.45, 7) is 5.93. The Hall–Kier alpha value is -2.33. The van der Waals surface area contributed by atoms with Crippen molar-refractivity contribution in [2.75, 3.05) is 36.4 Å². The number of nitrogens with one attached hydrogen (secondary N) is 1. The Kier molecular flexibility index (Phi) is 5.44. The van der Waals surface area contributed by atoms with Crippen LogP contribution in [0.25, 0.3) is 0 Å². The number of hydrogen-bond acceptors (Lipinski definition) is 3. The molecule has 2 aromatic rings. The van der Waals surface area contributed by atoms with E-state index in [1.54, 1.807) is 6.92 Å². The lowest BCUT2D eigenvalue weighted by Gasteiger charge is -2.33. The summed E-state index contributed by atoms with van der Waals surface area (Å²) >= 11 is 0. The monoisotopic (exact) mass is 363 g/mol. The van der Waals surface area contributed by atoms with Crippen LogP contribution >= 0.6 is 0 Å². The van der Waals surface area contributed by atoms with Crippen LogP contribution in [0.15, 0.2) is 48.5 Å². The quantitative estimate of drug-likeness (QED) is 0.879. The van der Waals surface area contributed by atoms with E-state index < -0.39 is 0 Å². The van der Waals surface area contributed by atoms with Crippen LogP contribution in [0.4, 0.5) is 11.4 Å².